The highest BCUT2D eigenvalue weighted by molar-refractivity contribution is 7.46. The standard InChI is InChI=1S/C29H36ClN6O6P/c1-3-27(37)33-22-7-4-6-21(16-22)28-24(30)18-32-29(35-28)34-23-8-9-26(41-19-42-43(38,39)40)25(17-23)31-12-5-13-36-14-10-20(2)11-15-36/h3-4,6-9,16-18,20,31H,1,5,10-15,19H2,2H3,(H,33,37)(H,32,34,35)(H2,38,39,40). The highest BCUT2D eigenvalue weighted by Crippen LogP contribution is 2.37. The van der Waals surface area contributed by atoms with Gasteiger partial charge in [0.15, 0.2) is 6.79 Å². The van der Waals surface area contributed by atoms with Crippen LogP contribution in [0.2, 0.25) is 5.02 Å². The van der Waals surface area contributed by atoms with E-state index < -0.39 is 14.6 Å². The molecule has 1 aliphatic heterocycles. The van der Waals surface area contributed by atoms with Crippen LogP contribution in [-0.2, 0) is 13.9 Å². The molecule has 0 aliphatic carbocycles. The van der Waals surface area contributed by atoms with Gasteiger partial charge in [0.25, 0.3) is 0 Å². The molecule has 2 aromatic carbocycles. The number of rotatable bonds is 14. The molecule has 2 heterocycles. The Morgan fingerprint density at radius 3 is 2.74 bits per heavy atom. The first-order valence-electron chi connectivity index (χ1n) is 13.9. The summed E-state index contributed by atoms with van der Waals surface area (Å²) < 4.78 is 21.1. The van der Waals surface area contributed by atoms with Gasteiger partial charge in [0.1, 0.15) is 5.75 Å². The lowest BCUT2D eigenvalue weighted by Crippen LogP contribution is -2.34. The van der Waals surface area contributed by atoms with Crippen molar-refractivity contribution in [3.63, 3.8) is 0 Å². The summed E-state index contributed by atoms with van der Waals surface area (Å²) in [7, 11) is -4.68. The first kappa shape index (κ1) is 32.4. The number of halogens is 1. The maximum atomic E-state index is 11.7. The second-order valence-electron chi connectivity index (χ2n) is 10.2. The molecule has 0 atom stereocenters. The Bertz CT molecular complexity index is 1460. The van der Waals surface area contributed by atoms with Gasteiger partial charge in [-0.05, 0) is 81.2 Å². The first-order valence-corrected chi connectivity index (χ1v) is 15.8. The number of carbonyl (C=O) groups is 1. The smallest absolute Gasteiger partial charge is 0.465 e. The molecule has 12 nitrogen and oxygen atoms in total. The van der Waals surface area contributed by atoms with Crippen LogP contribution in [0.5, 0.6) is 5.75 Å². The quantitative estimate of drug-likeness (QED) is 0.0649. The molecule has 1 aromatic heterocycles. The van der Waals surface area contributed by atoms with E-state index in [9.17, 15) is 9.36 Å². The van der Waals surface area contributed by atoms with Gasteiger partial charge < -0.3 is 35.4 Å². The van der Waals surface area contributed by atoms with Crippen LogP contribution < -0.4 is 20.7 Å². The monoisotopic (exact) mass is 630 g/mol. The maximum absolute atomic E-state index is 11.7. The van der Waals surface area contributed by atoms with Crippen molar-refractivity contribution in [1.82, 2.24) is 14.9 Å². The van der Waals surface area contributed by atoms with Crippen LogP contribution in [0.3, 0.4) is 0 Å². The van der Waals surface area contributed by atoms with Gasteiger partial charge in [-0.25, -0.2) is 19.1 Å². The van der Waals surface area contributed by atoms with E-state index in [4.69, 9.17) is 26.1 Å². The van der Waals surface area contributed by atoms with Crippen LogP contribution in [0.25, 0.3) is 11.3 Å². The molecule has 14 heteroatoms. The van der Waals surface area contributed by atoms with Crippen molar-refractivity contribution >= 4 is 48.3 Å². The van der Waals surface area contributed by atoms with E-state index in [1.807, 2.05) is 6.07 Å². The average Bonchev–Trinajstić information content (AvgIpc) is 2.97. The molecule has 5 N–H and O–H groups in total. The highest BCUT2D eigenvalue weighted by Gasteiger charge is 2.17. The second kappa shape index (κ2) is 15.3. The summed E-state index contributed by atoms with van der Waals surface area (Å²) in [5.74, 6) is 1.08. The van der Waals surface area contributed by atoms with E-state index in [2.05, 4.69) is 48.8 Å². The van der Waals surface area contributed by atoms with Gasteiger partial charge in [-0.3, -0.25) is 4.79 Å². The number of nitrogens with one attached hydrogen (secondary N) is 3. The number of hydrogen-bond acceptors (Lipinski definition) is 9. The first-order chi connectivity index (χ1) is 20.6. The maximum Gasteiger partial charge on any atom is 0.472 e. The second-order valence-corrected chi connectivity index (χ2v) is 11.8. The number of likely N-dealkylation sites (tertiary alicyclic amines) is 1. The lowest BCUT2D eigenvalue weighted by molar-refractivity contribution is -0.111. The molecule has 1 saturated heterocycles. The number of phosphoric acid groups is 1. The Hall–Kier alpha value is -3.51. The number of carbonyl (C=O) groups excluding carboxylic acids is 1. The molecule has 0 radical (unpaired) electrons. The number of amides is 1. The number of piperidine rings is 1. The lowest BCUT2D eigenvalue weighted by atomic mass is 9.99. The summed E-state index contributed by atoms with van der Waals surface area (Å²) in [5, 5.41) is 9.58. The molecule has 4 rings (SSSR count). The van der Waals surface area contributed by atoms with Crippen LogP contribution in [0.4, 0.5) is 23.0 Å². The summed E-state index contributed by atoms with van der Waals surface area (Å²) in [4.78, 5) is 41.1. The molecule has 43 heavy (non-hydrogen) atoms. The highest BCUT2D eigenvalue weighted by atomic mass is 35.5. The molecule has 1 fully saturated rings. The zero-order chi connectivity index (χ0) is 30.8. The van der Waals surface area contributed by atoms with Gasteiger partial charge in [-0.2, -0.15) is 0 Å². The molecular weight excluding hydrogens is 595 g/mol. The van der Waals surface area contributed by atoms with E-state index in [0.29, 0.717) is 45.6 Å². The van der Waals surface area contributed by atoms with E-state index in [1.54, 1.807) is 36.4 Å². The number of aromatic nitrogens is 2. The SMILES string of the molecule is C=CC(=O)Nc1cccc(-c2nc(Nc3ccc(OCOP(=O)(O)O)c(NCCCN4CCC(C)CC4)c3)ncc2Cl)c1. The van der Waals surface area contributed by atoms with Gasteiger partial charge in [0, 0.05) is 23.5 Å². The molecule has 0 saturated carbocycles. The summed E-state index contributed by atoms with van der Waals surface area (Å²) in [6.07, 6.45) is 6.00. The lowest BCUT2D eigenvalue weighted by Gasteiger charge is -2.30. The average molecular weight is 631 g/mol. The normalized spacial score (nSPS) is 14.2. The summed E-state index contributed by atoms with van der Waals surface area (Å²) in [5.41, 5.74) is 2.95. The Balaban J connectivity index is 1.48. The van der Waals surface area contributed by atoms with Crippen LogP contribution in [0.15, 0.2) is 61.3 Å². The van der Waals surface area contributed by atoms with E-state index in [0.717, 1.165) is 32.0 Å². The summed E-state index contributed by atoms with van der Waals surface area (Å²) in [6, 6.07) is 12.3. The third kappa shape index (κ3) is 10.3. The van der Waals surface area contributed by atoms with Crippen molar-refractivity contribution in [3.8, 4) is 17.0 Å². The van der Waals surface area contributed by atoms with E-state index >= 15 is 0 Å². The van der Waals surface area contributed by atoms with E-state index in [-0.39, 0.29) is 11.9 Å². The van der Waals surface area contributed by atoms with Gasteiger partial charge in [0.2, 0.25) is 11.9 Å². The zero-order valence-corrected chi connectivity index (χ0v) is 25.5. The molecule has 0 unspecified atom stereocenters. The van der Waals surface area contributed by atoms with Crippen molar-refractivity contribution in [2.45, 2.75) is 26.2 Å². The van der Waals surface area contributed by atoms with Gasteiger partial charge >= 0.3 is 7.82 Å². The Morgan fingerprint density at radius 1 is 1.21 bits per heavy atom. The minimum absolute atomic E-state index is 0.281. The Labute approximate surface area is 255 Å². The fraction of sp³-hybridized carbons (Fsp3) is 0.345. The molecule has 3 aromatic rings. The van der Waals surface area contributed by atoms with Crippen molar-refractivity contribution < 1.29 is 28.4 Å². The summed E-state index contributed by atoms with van der Waals surface area (Å²) in [6.45, 7) is 8.97. The van der Waals surface area contributed by atoms with Crippen molar-refractivity contribution in [2.75, 3.05) is 48.9 Å². The zero-order valence-electron chi connectivity index (χ0n) is 23.8. The number of benzene rings is 2. The van der Waals surface area contributed by atoms with E-state index in [1.165, 1.54) is 25.1 Å². The Kier molecular flexibility index (Phi) is 11.5. The minimum atomic E-state index is -4.68. The fourth-order valence-electron chi connectivity index (χ4n) is 4.54. The Morgan fingerprint density at radius 2 is 2.00 bits per heavy atom. The third-order valence-electron chi connectivity index (χ3n) is 6.85. The topological polar surface area (TPSA) is 158 Å². The molecule has 0 bridgehead atoms. The predicted molar refractivity (Wildman–Crippen MR) is 168 cm³/mol. The van der Waals surface area contributed by atoms with Gasteiger partial charge in [-0.15, -0.1) is 0 Å². The summed E-state index contributed by atoms with van der Waals surface area (Å²) >= 11 is 6.43. The molecule has 1 aliphatic rings. The number of ether oxygens (including phenoxy) is 1. The number of hydrogen-bond donors (Lipinski definition) is 5. The van der Waals surface area contributed by atoms with Crippen LogP contribution >= 0.6 is 19.4 Å². The van der Waals surface area contributed by atoms with Crippen molar-refractivity contribution in [3.05, 3.63) is 66.3 Å². The largest absolute Gasteiger partial charge is 0.472 e. The van der Waals surface area contributed by atoms with Gasteiger partial charge in [-0.1, -0.05) is 37.2 Å². The molecule has 0 spiro atoms. The van der Waals surface area contributed by atoms with Crippen LogP contribution in [-0.4, -0.2) is 63.5 Å². The minimum Gasteiger partial charge on any atom is -0.465 e. The number of nitrogens with zero attached hydrogens (tertiary/aromatic N) is 3. The number of anilines is 4. The van der Waals surface area contributed by atoms with Crippen LogP contribution in [0.1, 0.15) is 26.2 Å². The third-order valence-corrected chi connectivity index (χ3v) is 7.57. The molecule has 1 amide bonds. The van der Waals surface area contributed by atoms with Crippen molar-refractivity contribution in [1.29, 1.82) is 0 Å². The molecular formula is C29H36ClN6O6P. The predicted octanol–water partition coefficient (Wildman–Crippen LogP) is 5.64. The number of phosphoric ester groups is 1. The molecule has 230 valence electrons. The van der Waals surface area contributed by atoms with Crippen molar-refractivity contribution in [2.24, 2.45) is 5.92 Å². The van der Waals surface area contributed by atoms with Gasteiger partial charge in [0.05, 0.1) is 22.6 Å². The van der Waals surface area contributed by atoms with Crippen LogP contribution in [0, 0.1) is 5.92 Å². The fourth-order valence-corrected chi connectivity index (χ4v) is 4.93.